The molecule has 1 saturated heterocycles. The molecular formula is C18H25ClN4O2S. The summed E-state index contributed by atoms with van der Waals surface area (Å²) in [5.74, 6) is 0.731. The molecule has 1 aliphatic heterocycles. The number of hydrogen-bond acceptors (Lipinski definition) is 6. The van der Waals surface area contributed by atoms with Gasteiger partial charge >= 0.3 is 6.09 Å². The van der Waals surface area contributed by atoms with Gasteiger partial charge in [-0.3, -0.25) is 4.90 Å². The highest BCUT2D eigenvalue weighted by molar-refractivity contribution is 7.18. The molecule has 0 saturated carbocycles. The third-order valence-corrected chi connectivity index (χ3v) is 5.79. The summed E-state index contributed by atoms with van der Waals surface area (Å²) in [6, 6.07) is 0. The zero-order chi connectivity index (χ0) is 19.1. The first-order valence-corrected chi connectivity index (χ1v) is 9.96. The summed E-state index contributed by atoms with van der Waals surface area (Å²) < 4.78 is 5.44. The molecule has 0 unspecified atom stereocenters. The standard InChI is InChI=1S/C18H25ClN4O2S/c1-11-12(2)26-16-14(11)15(19)20-13(21-16)10-22-6-8-23(9-7-22)17(24)25-18(3,4)5/h6-10H2,1-5H3. The number of thiophene rings is 1. The van der Waals surface area contributed by atoms with Crippen LogP contribution in [0.2, 0.25) is 5.15 Å². The zero-order valence-corrected chi connectivity index (χ0v) is 17.5. The molecule has 0 N–H and O–H groups in total. The van der Waals surface area contributed by atoms with E-state index in [9.17, 15) is 4.79 Å². The van der Waals surface area contributed by atoms with Crippen LogP contribution in [0.15, 0.2) is 0 Å². The molecule has 3 heterocycles. The van der Waals surface area contributed by atoms with E-state index in [1.165, 1.54) is 4.88 Å². The molecule has 1 amide bonds. The van der Waals surface area contributed by atoms with Gasteiger partial charge in [-0.15, -0.1) is 11.3 Å². The van der Waals surface area contributed by atoms with Crippen molar-refractivity contribution in [1.82, 2.24) is 19.8 Å². The lowest BCUT2D eigenvalue weighted by molar-refractivity contribution is 0.0137. The Morgan fingerprint density at radius 1 is 1.19 bits per heavy atom. The molecule has 0 bridgehead atoms. The van der Waals surface area contributed by atoms with Crippen LogP contribution in [-0.2, 0) is 11.3 Å². The third kappa shape index (κ3) is 4.27. The minimum atomic E-state index is -0.467. The summed E-state index contributed by atoms with van der Waals surface area (Å²) in [6.07, 6.45) is -0.248. The molecule has 0 radical (unpaired) electrons. The monoisotopic (exact) mass is 396 g/mol. The number of aromatic nitrogens is 2. The van der Waals surface area contributed by atoms with E-state index in [1.807, 2.05) is 20.8 Å². The van der Waals surface area contributed by atoms with Crippen molar-refractivity contribution >= 4 is 39.2 Å². The van der Waals surface area contributed by atoms with Gasteiger partial charge in [0.2, 0.25) is 0 Å². The number of carbonyl (C=O) groups is 1. The number of rotatable bonds is 2. The van der Waals surface area contributed by atoms with Crippen molar-refractivity contribution in [2.45, 2.75) is 46.8 Å². The van der Waals surface area contributed by atoms with Crippen LogP contribution in [0.25, 0.3) is 10.2 Å². The average molecular weight is 397 g/mol. The number of fused-ring (bicyclic) bond motifs is 1. The van der Waals surface area contributed by atoms with E-state index in [-0.39, 0.29) is 6.09 Å². The fourth-order valence-electron chi connectivity index (χ4n) is 2.93. The van der Waals surface area contributed by atoms with Crippen LogP contribution in [0.1, 0.15) is 37.0 Å². The van der Waals surface area contributed by atoms with Gasteiger partial charge in [-0.2, -0.15) is 0 Å². The maximum absolute atomic E-state index is 12.1. The second kappa shape index (κ2) is 7.29. The highest BCUT2D eigenvalue weighted by atomic mass is 35.5. The molecule has 26 heavy (non-hydrogen) atoms. The number of carbonyl (C=O) groups excluding carboxylic acids is 1. The molecule has 0 aromatic carbocycles. The van der Waals surface area contributed by atoms with E-state index < -0.39 is 5.60 Å². The molecule has 1 fully saturated rings. The number of amides is 1. The summed E-state index contributed by atoms with van der Waals surface area (Å²) in [6.45, 7) is 13.2. The summed E-state index contributed by atoms with van der Waals surface area (Å²) in [5, 5.41) is 1.49. The van der Waals surface area contributed by atoms with Gasteiger partial charge in [-0.1, -0.05) is 11.6 Å². The van der Waals surface area contributed by atoms with Gasteiger partial charge < -0.3 is 9.64 Å². The van der Waals surface area contributed by atoms with Crippen LogP contribution in [0, 0.1) is 13.8 Å². The highest BCUT2D eigenvalue weighted by Gasteiger charge is 2.26. The quantitative estimate of drug-likeness (QED) is 0.717. The van der Waals surface area contributed by atoms with E-state index in [0.29, 0.717) is 24.8 Å². The number of piperazine rings is 1. The number of halogens is 1. The predicted molar refractivity (Wildman–Crippen MR) is 105 cm³/mol. The number of aryl methyl sites for hydroxylation is 2. The Hall–Kier alpha value is -1.44. The first-order chi connectivity index (χ1) is 12.1. The number of hydrogen-bond donors (Lipinski definition) is 0. The molecule has 142 valence electrons. The minimum absolute atomic E-state index is 0.248. The lowest BCUT2D eigenvalue weighted by Gasteiger charge is -2.35. The lowest BCUT2D eigenvalue weighted by atomic mass is 10.2. The first kappa shape index (κ1) is 19.3. The molecule has 8 heteroatoms. The van der Waals surface area contributed by atoms with Crippen LogP contribution < -0.4 is 0 Å². The number of ether oxygens (including phenoxy) is 1. The van der Waals surface area contributed by atoms with Crippen LogP contribution >= 0.6 is 22.9 Å². The van der Waals surface area contributed by atoms with Gasteiger partial charge in [0.25, 0.3) is 0 Å². The SMILES string of the molecule is Cc1sc2nc(CN3CCN(C(=O)OC(C)(C)C)CC3)nc(Cl)c2c1C. The van der Waals surface area contributed by atoms with Gasteiger partial charge in [0.15, 0.2) is 0 Å². The Bertz CT molecular complexity index is 823. The lowest BCUT2D eigenvalue weighted by Crippen LogP contribution is -2.49. The van der Waals surface area contributed by atoms with E-state index >= 15 is 0 Å². The van der Waals surface area contributed by atoms with Crippen molar-refractivity contribution in [2.24, 2.45) is 0 Å². The van der Waals surface area contributed by atoms with Crippen molar-refractivity contribution in [3.05, 3.63) is 21.4 Å². The topological polar surface area (TPSA) is 58.6 Å². The van der Waals surface area contributed by atoms with Gasteiger partial charge in [-0.25, -0.2) is 14.8 Å². The smallest absolute Gasteiger partial charge is 0.410 e. The largest absolute Gasteiger partial charge is 0.444 e. The summed E-state index contributed by atoms with van der Waals surface area (Å²) in [4.78, 5) is 27.5. The van der Waals surface area contributed by atoms with E-state index in [2.05, 4.69) is 23.7 Å². The molecular weight excluding hydrogens is 372 g/mol. The second-order valence-electron chi connectivity index (χ2n) is 7.64. The average Bonchev–Trinajstić information content (AvgIpc) is 2.81. The fraction of sp³-hybridized carbons (Fsp3) is 0.611. The maximum atomic E-state index is 12.1. The fourth-order valence-corrected chi connectivity index (χ4v) is 4.36. The molecule has 6 nitrogen and oxygen atoms in total. The molecule has 1 aliphatic rings. The Balaban J connectivity index is 1.63. The Morgan fingerprint density at radius 3 is 2.46 bits per heavy atom. The van der Waals surface area contributed by atoms with Crippen LogP contribution in [-0.4, -0.2) is 57.6 Å². The Labute approximate surface area is 163 Å². The molecule has 3 rings (SSSR count). The molecule has 0 atom stereocenters. The second-order valence-corrected chi connectivity index (χ2v) is 9.20. The Morgan fingerprint density at radius 2 is 1.85 bits per heavy atom. The van der Waals surface area contributed by atoms with Crippen molar-refractivity contribution in [3.8, 4) is 0 Å². The highest BCUT2D eigenvalue weighted by Crippen LogP contribution is 2.33. The normalized spacial score (nSPS) is 16.3. The maximum Gasteiger partial charge on any atom is 0.410 e. The third-order valence-electron chi connectivity index (χ3n) is 4.42. The molecule has 0 spiro atoms. The van der Waals surface area contributed by atoms with Crippen LogP contribution in [0.4, 0.5) is 4.79 Å². The van der Waals surface area contributed by atoms with E-state index in [1.54, 1.807) is 16.2 Å². The Kier molecular flexibility index (Phi) is 5.42. The van der Waals surface area contributed by atoms with Gasteiger partial charge in [0.05, 0.1) is 11.9 Å². The van der Waals surface area contributed by atoms with Crippen molar-refractivity contribution in [3.63, 3.8) is 0 Å². The summed E-state index contributed by atoms with van der Waals surface area (Å²) in [7, 11) is 0. The zero-order valence-electron chi connectivity index (χ0n) is 15.9. The van der Waals surface area contributed by atoms with Crippen LogP contribution in [0.3, 0.4) is 0 Å². The summed E-state index contributed by atoms with van der Waals surface area (Å²) >= 11 is 8.05. The van der Waals surface area contributed by atoms with Crippen LogP contribution in [0.5, 0.6) is 0 Å². The number of nitrogens with zero attached hydrogens (tertiary/aromatic N) is 4. The predicted octanol–water partition coefficient (Wildman–Crippen LogP) is 4.01. The van der Waals surface area contributed by atoms with Crippen molar-refractivity contribution in [1.29, 1.82) is 0 Å². The molecule has 2 aromatic rings. The van der Waals surface area contributed by atoms with E-state index in [0.717, 1.165) is 34.7 Å². The van der Waals surface area contributed by atoms with Gasteiger partial charge in [0, 0.05) is 31.1 Å². The summed E-state index contributed by atoms with van der Waals surface area (Å²) in [5.41, 5.74) is 0.693. The molecule has 0 aliphatic carbocycles. The minimum Gasteiger partial charge on any atom is -0.444 e. The van der Waals surface area contributed by atoms with Crippen molar-refractivity contribution in [2.75, 3.05) is 26.2 Å². The van der Waals surface area contributed by atoms with Crippen molar-refractivity contribution < 1.29 is 9.53 Å². The molecule has 2 aromatic heterocycles. The van der Waals surface area contributed by atoms with E-state index in [4.69, 9.17) is 21.3 Å². The van der Waals surface area contributed by atoms with Gasteiger partial charge in [-0.05, 0) is 40.2 Å². The first-order valence-electron chi connectivity index (χ1n) is 8.76. The van der Waals surface area contributed by atoms with Gasteiger partial charge in [0.1, 0.15) is 21.4 Å².